The number of halogens is 1. The second-order valence-electron chi connectivity index (χ2n) is 5.92. The van der Waals surface area contributed by atoms with Gasteiger partial charge in [-0.15, -0.1) is 0 Å². The largest absolute Gasteiger partial charge is 0.352 e. The van der Waals surface area contributed by atoms with Crippen molar-refractivity contribution in [1.82, 2.24) is 5.32 Å². The Labute approximate surface area is 130 Å². The molecule has 0 unspecified atom stereocenters. The van der Waals surface area contributed by atoms with Gasteiger partial charge in [-0.25, -0.2) is 0 Å². The molecule has 1 N–H and O–H groups in total. The van der Waals surface area contributed by atoms with Crippen molar-refractivity contribution in [1.29, 1.82) is 0 Å². The Morgan fingerprint density at radius 2 is 1.90 bits per heavy atom. The topological polar surface area (TPSA) is 29.1 Å². The van der Waals surface area contributed by atoms with Crippen molar-refractivity contribution >= 4 is 21.8 Å². The third-order valence-corrected chi connectivity index (χ3v) is 5.47. The van der Waals surface area contributed by atoms with Crippen molar-refractivity contribution in [3.8, 4) is 0 Å². The van der Waals surface area contributed by atoms with Gasteiger partial charge < -0.3 is 5.32 Å². The normalized spacial score (nSPS) is 22.6. The average molecular weight is 338 g/mol. The third-order valence-electron chi connectivity index (χ3n) is 4.61. The SMILES string of the molecule is CCC1CCC(CNC(=O)c2cccc(Br)c2C)CC1. The van der Waals surface area contributed by atoms with Crippen LogP contribution in [0, 0.1) is 18.8 Å². The van der Waals surface area contributed by atoms with Gasteiger partial charge in [0.15, 0.2) is 0 Å². The maximum Gasteiger partial charge on any atom is 0.251 e. The summed E-state index contributed by atoms with van der Waals surface area (Å²) >= 11 is 3.48. The molecule has 0 aliphatic heterocycles. The summed E-state index contributed by atoms with van der Waals surface area (Å²) in [5.41, 5.74) is 1.79. The standard InChI is InChI=1S/C17H24BrNO/c1-3-13-7-9-14(10-8-13)11-19-17(20)15-5-4-6-16(18)12(15)2/h4-6,13-14H,3,7-11H2,1-2H3,(H,19,20). The lowest BCUT2D eigenvalue weighted by Crippen LogP contribution is -2.31. The molecule has 1 aromatic rings. The summed E-state index contributed by atoms with van der Waals surface area (Å²) in [6.45, 7) is 5.08. The van der Waals surface area contributed by atoms with Crippen LogP contribution in [0.5, 0.6) is 0 Å². The highest BCUT2D eigenvalue weighted by Gasteiger charge is 2.20. The molecule has 0 atom stereocenters. The Hall–Kier alpha value is -0.830. The second kappa shape index (κ2) is 7.26. The van der Waals surface area contributed by atoms with Gasteiger partial charge in [-0.3, -0.25) is 4.79 Å². The molecule has 2 rings (SSSR count). The van der Waals surface area contributed by atoms with Crippen LogP contribution >= 0.6 is 15.9 Å². The van der Waals surface area contributed by atoms with E-state index in [4.69, 9.17) is 0 Å². The number of amides is 1. The molecular formula is C17H24BrNO. The summed E-state index contributed by atoms with van der Waals surface area (Å²) < 4.78 is 0.994. The predicted molar refractivity (Wildman–Crippen MR) is 87.0 cm³/mol. The van der Waals surface area contributed by atoms with Crippen LogP contribution in [-0.2, 0) is 0 Å². The minimum Gasteiger partial charge on any atom is -0.352 e. The first-order valence-electron chi connectivity index (χ1n) is 7.65. The van der Waals surface area contributed by atoms with Gasteiger partial charge in [0.2, 0.25) is 0 Å². The van der Waals surface area contributed by atoms with Crippen LogP contribution in [-0.4, -0.2) is 12.5 Å². The molecule has 0 bridgehead atoms. The first-order valence-corrected chi connectivity index (χ1v) is 8.44. The first kappa shape index (κ1) is 15.6. The smallest absolute Gasteiger partial charge is 0.251 e. The highest BCUT2D eigenvalue weighted by Crippen LogP contribution is 2.30. The first-order chi connectivity index (χ1) is 9.61. The number of benzene rings is 1. The van der Waals surface area contributed by atoms with E-state index in [1.165, 1.54) is 32.1 Å². The number of rotatable bonds is 4. The molecule has 110 valence electrons. The molecule has 1 aromatic carbocycles. The molecule has 3 heteroatoms. The van der Waals surface area contributed by atoms with E-state index in [1.54, 1.807) is 0 Å². The van der Waals surface area contributed by atoms with E-state index in [9.17, 15) is 4.79 Å². The van der Waals surface area contributed by atoms with E-state index in [-0.39, 0.29) is 5.91 Å². The van der Waals surface area contributed by atoms with Crippen LogP contribution in [0.1, 0.15) is 54.9 Å². The lowest BCUT2D eigenvalue weighted by molar-refractivity contribution is 0.0940. The molecule has 0 aromatic heterocycles. The van der Waals surface area contributed by atoms with Crippen LogP contribution in [0.4, 0.5) is 0 Å². The van der Waals surface area contributed by atoms with Crippen LogP contribution in [0.2, 0.25) is 0 Å². The zero-order valence-corrected chi connectivity index (χ0v) is 14.0. The molecule has 1 aliphatic carbocycles. The van der Waals surface area contributed by atoms with Gasteiger partial charge >= 0.3 is 0 Å². The van der Waals surface area contributed by atoms with Gasteiger partial charge in [-0.05, 0) is 49.3 Å². The number of hydrogen-bond acceptors (Lipinski definition) is 1. The van der Waals surface area contributed by atoms with E-state index in [0.29, 0.717) is 5.92 Å². The van der Waals surface area contributed by atoms with E-state index >= 15 is 0 Å². The molecule has 0 saturated heterocycles. The average Bonchev–Trinajstić information content (AvgIpc) is 2.48. The second-order valence-corrected chi connectivity index (χ2v) is 6.77. The number of carbonyl (C=O) groups is 1. The summed E-state index contributed by atoms with van der Waals surface area (Å²) in [4.78, 5) is 12.2. The summed E-state index contributed by atoms with van der Waals surface area (Å²) in [5, 5.41) is 3.11. The summed E-state index contributed by atoms with van der Waals surface area (Å²) in [5.74, 6) is 1.63. The van der Waals surface area contributed by atoms with E-state index in [2.05, 4.69) is 28.2 Å². The highest BCUT2D eigenvalue weighted by atomic mass is 79.9. The molecule has 2 nitrogen and oxygen atoms in total. The van der Waals surface area contributed by atoms with Crippen molar-refractivity contribution in [3.05, 3.63) is 33.8 Å². The fraction of sp³-hybridized carbons (Fsp3) is 0.588. The summed E-state index contributed by atoms with van der Waals surface area (Å²) in [6.07, 6.45) is 6.47. The van der Waals surface area contributed by atoms with Crippen LogP contribution in [0.3, 0.4) is 0 Å². The quantitative estimate of drug-likeness (QED) is 0.847. The molecule has 1 amide bonds. The number of carbonyl (C=O) groups excluding carboxylic acids is 1. The zero-order chi connectivity index (χ0) is 14.5. The van der Waals surface area contributed by atoms with Crippen molar-refractivity contribution in [3.63, 3.8) is 0 Å². The molecular weight excluding hydrogens is 314 g/mol. The molecule has 1 saturated carbocycles. The van der Waals surface area contributed by atoms with Gasteiger partial charge in [0.1, 0.15) is 0 Å². The van der Waals surface area contributed by atoms with Crippen molar-refractivity contribution in [2.75, 3.05) is 6.54 Å². The third kappa shape index (κ3) is 3.85. The van der Waals surface area contributed by atoms with Crippen LogP contribution in [0.15, 0.2) is 22.7 Å². The summed E-state index contributed by atoms with van der Waals surface area (Å²) in [6, 6.07) is 5.78. The van der Waals surface area contributed by atoms with Crippen molar-refractivity contribution in [2.24, 2.45) is 11.8 Å². The lowest BCUT2D eigenvalue weighted by Gasteiger charge is -2.27. The van der Waals surface area contributed by atoms with E-state index in [1.807, 2.05) is 25.1 Å². The molecule has 20 heavy (non-hydrogen) atoms. The molecule has 1 aliphatic rings. The van der Waals surface area contributed by atoms with E-state index < -0.39 is 0 Å². The molecule has 0 heterocycles. The van der Waals surface area contributed by atoms with Gasteiger partial charge in [0, 0.05) is 16.6 Å². The van der Waals surface area contributed by atoms with Crippen LogP contribution in [0.25, 0.3) is 0 Å². The van der Waals surface area contributed by atoms with E-state index in [0.717, 1.165) is 28.1 Å². The molecule has 0 spiro atoms. The van der Waals surface area contributed by atoms with Crippen molar-refractivity contribution in [2.45, 2.75) is 46.0 Å². The van der Waals surface area contributed by atoms with Gasteiger partial charge in [0.25, 0.3) is 5.91 Å². The Balaban J connectivity index is 1.85. The summed E-state index contributed by atoms with van der Waals surface area (Å²) in [7, 11) is 0. The van der Waals surface area contributed by atoms with Crippen molar-refractivity contribution < 1.29 is 4.79 Å². The molecule has 0 radical (unpaired) electrons. The Bertz CT molecular complexity index is 464. The van der Waals surface area contributed by atoms with Gasteiger partial charge in [-0.1, -0.05) is 48.2 Å². The maximum absolute atomic E-state index is 12.2. The molecule has 1 fully saturated rings. The van der Waals surface area contributed by atoms with Crippen LogP contribution < -0.4 is 5.32 Å². The van der Waals surface area contributed by atoms with Gasteiger partial charge in [-0.2, -0.15) is 0 Å². The minimum atomic E-state index is 0.0569. The number of hydrogen-bond donors (Lipinski definition) is 1. The number of nitrogens with one attached hydrogen (secondary N) is 1. The maximum atomic E-state index is 12.2. The lowest BCUT2D eigenvalue weighted by atomic mass is 9.81. The minimum absolute atomic E-state index is 0.0569. The Morgan fingerprint density at radius 1 is 1.25 bits per heavy atom. The fourth-order valence-electron chi connectivity index (χ4n) is 3.03. The Morgan fingerprint density at radius 3 is 2.55 bits per heavy atom. The predicted octanol–water partition coefficient (Wildman–Crippen LogP) is 4.70. The van der Waals surface area contributed by atoms with Gasteiger partial charge in [0.05, 0.1) is 0 Å². The Kier molecular flexibility index (Phi) is 5.64. The fourth-order valence-corrected chi connectivity index (χ4v) is 3.40. The highest BCUT2D eigenvalue weighted by molar-refractivity contribution is 9.10. The monoisotopic (exact) mass is 337 g/mol. The zero-order valence-electron chi connectivity index (χ0n) is 12.4.